The molecule has 1 aliphatic heterocycles. The van der Waals surface area contributed by atoms with Gasteiger partial charge in [0, 0.05) is 12.6 Å². The number of hydrogen-bond donors (Lipinski definition) is 1. The van der Waals surface area contributed by atoms with E-state index in [1.54, 1.807) is 0 Å². The fraction of sp³-hybridized carbons (Fsp3) is 1.00. The van der Waals surface area contributed by atoms with E-state index in [1.165, 1.54) is 71.1 Å². The molecule has 2 atom stereocenters. The summed E-state index contributed by atoms with van der Waals surface area (Å²) in [6.07, 6.45) is 9.85. The molecule has 2 heteroatoms. The fourth-order valence-corrected chi connectivity index (χ4v) is 3.76. The first-order valence-electron chi connectivity index (χ1n) is 8.29. The molecular weight excluding hydrogens is 220 g/mol. The highest BCUT2D eigenvalue weighted by atomic mass is 15.1. The number of likely N-dealkylation sites (tertiary alicyclic amines) is 1. The zero-order valence-electron chi connectivity index (χ0n) is 12.5. The Hall–Kier alpha value is -0.0800. The highest BCUT2D eigenvalue weighted by molar-refractivity contribution is 4.86. The van der Waals surface area contributed by atoms with Crippen molar-refractivity contribution in [3.63, 3.8) is 0 Å². The van der Waals surface area contributed by atoms with Gasteiger partial charge in [0.1, 0.15) is 0 Å². The fourth-order valence-electron chi connectivity index (χ4n) is 3.76. The number of piperidine rings is 1. The second-order valence-corrected chi connectivity index (χ2v) is 6.40. The average Bonchev–Trinajstić information content (AvgIpc) is 2.84. The molecule has 2 nitrogen and oxygen atoms in total. The van der Waals surface area contributed by atoms with Crippen molar-refractivity contribution in [1.82, 2.24) is 10.2 Å². The van der Waals surface area contributed by atoms with Gasteiger partial charge < -0.3 is 10.2 Å². The first-order valence-corrected chi connectivity index (χ1v) is 8.29. The second kappa shape index (κ2) is 7.49. The molecule has 0 aromatic rings. The molecule has 106 valence electrons. The van der Waals surface area contributed by atoms with Crippen molar-refractivity contribution in [2.75, 3.05) is 26.2 Å². The van der Waals surface area contributed by atoms with E-state index in [-0.39, 0.29) is 0 Å². The highest BCUT2D eigenvalue weighted by Gasteiger charge is 2.29. The molecule has 0 aromatic carbocycles. The van der Waals surface area contributed by atoms with Crippen LogP contribution in [0.2, 0.25) is 0 Å². The van der Waals surface area contributed by atoms with E-state index in [0.29, 0.717) is 0 Å². The highest BCUT2D eigenvalue weighted by Crippen LogP contribution is 2.28. The van der Waals surface area contributed by atoms with Gasteiger partial charge in [0.25, 0.3) is 0 Å². The minimum atomic E-state index is 0.814. The van der Waals surface area contributed by atoms with Crippen LogP contribution in [0, 0.1) is 11.8 Å². The normalized spacial score (nSPS) is 31.0. The van der Waals surface area contributed by atoms with Crippen LogP contribution in [0.15, 0.2) is 0 Å². The summed E-state index contributed by atoms with van der Waals surface area (Å²) in [5.74, 6) is 1.94. The van der Waals surface area contributed by atoms with E-state index in [1.807, 2.05) is 0 Å². The predicted molar refractivity (Wildman–Crippen MR) is 78.9 cm³/mol. The van der Waals surface area contributed by atoms with Crippen LogP contribution in [-0.4, -0.2) is 37.1 Å². The molecule has 2 rings (SSSR count). The molecule has 0 spiro atoms. The van der Waals surface area contributed by atoms with Crippen LogP contribution < -0.4 is 5.32 Å². The molecule has 2 fully saturated rings. The van der Waals surface area contributed by atoms with Crippen molar-refractivity contribution >= 4 is 0 Å². The van der Waals surface area contributed by atoms with Gasteiger partial charge in [-0.15, -0.1) is 0 Å². The molecule has 1 aliphatic carbocycles. The van der Waals surface area contributed by atoms with Crippen molar-refractivity contribution in [2.45, 2.75) is 64.8 Å². The van der Waals surface area contributed by atoms with Crippen molar-refractivity contribution < 1.29 is 0 Å². The lowest BCUT2D eigenvalue weighted by Crippen LogP contribution is -2.42. The Morgan fingerprint density at radius 2 is 1.83 bits per heavy atom. The summed E-state index contributed by atoms with van der Waals surface area (Å²) in [4.78, 5) is 2.74. The quantitative estimate of drug-likeness (QED) is 0.780. The van der Waals surface area contributed by atoms with Crippen molar-refractivity contribution in [1.29, 1.82) is 0 Å². The summed E-state index contributed by atoms with van der Waals surface area (Å²) in [5.41, 5.74) is 0. The molecule has 0 amide bonds. The largest absolute Gasteiger partial charge is 0.314 e. The molecule has 1 N–H and O–H groups in total. The lowest BCUT2D eigenvalue weighted by atomic mass is 9.93. The third-order valence-electron chi connectivity index (χ3n) is 5.09. The van der Waals surface area contributed by atoms with Crippen LogP contribution in [-0.2, 0) is 0 Å². The van der Waals surface area contributed by atoms with Gasteiger partial charge in [0.05, 0.1) is 0 Å². The van der Waals surface area contributed by atoms with Crippen LogP contribution in [0.4, 0.5) is 0 Å². The first kappa shape index (κ1) is 14.3. The monoisotopic (exact) mass is 252 g/mol. The topological polar surface area (TPSA) is 15.3 Å². The Morgan fingerprint density at radius 3 is 2.50 bits per heavy atom. The third kappa shape index (κ3) is 3.96. The maximum Gasteiger partial charge on any atom is 0.0107 e. The Morgan fingerprint density at radius 1 is 1.06 bits per heavy atom. The molecule has 18 heavy (non-hydrogen) atoms. The van der Waals surface area contributed by atoms with Gasteiger partial charge in [-0.1, -0.05) is 26.7 Å². The van der Waals surface area contributed by atoms with Gasteiger partial charge in [-0.2, -0.15) is 0 Å². The van der Waals surface area contributed by atoms with E-state index in [0.717, 1.165) is 17.9 Å². The average molecular weight is 252 g/mol. The minimum Gasteiger partial charge on any atom is -0.314 e. The van der Waals surface area contributed by atoms with E-state index in [4.69, 9.17) is 0 Å². The molecule has 2 aliphatic rings. The molecular formula is C16H32N2. The Bertz CT molecular complexity index is 221. The molecule has 0 aromatic heterocycles. The SMILES string of the molecule is CCCNC1CCCC1CN1CCC(CC)CC1. The smallest absolute Gasteiger partial charge is 0.0107 e. The van der Waals surface area contributed by atoms with Gasteiger partial charge in [-0.3, -0.25) is 0 Å². The van der Waals surface area contributed by atoms with Crippen molar-refractivity contribution in [2.24, 2.45) is 11.8 Å². The third-order valence-corrected chi connectivity index (χ3v) is 5.09. The van der Waals surface area contributed by atoms with Crippen LogP contribution in [0.25, 0.3) is 0 Å². The van der Waals surface area contributed by atoms with E-state index >= 15 is 0 Å². The zero-order chi connectivity index (χ0) is 12.8. The van der Waals surface area contributed by atoms with Gasteiger partial charge in [0.15, 0.2) is 0 Å². The van der Waals surface area contributed by atoms with Crippen molar-refractivity contribution in [3.05, 3.63) is 0 Å². The Labute approximate surface area is 114 Å². The molecule has 0 bridgehead atoms. The maximum atomic E-state index is 3.76. The number of nitrogens with one attached hydrogen (secondary N) is 1. The van der Waals surface area contributed by atoms with Crippen molar-refractivity contribution in [3.8, 4) is 0 Å². The summed E-state index contributed by atoms with van der Waals surface area (Å²) in [7, 11) is 0. The van der Waals surface area contributed by atoms with E-state index in [2.05, 4.69) is 24.1 Å². The summed E-state index contributed by atoms with van der Waals surface area (Å²) in [5, 5.41) is 3.76. The molecule has 1 saturated carbocycles. The van der Waals surface area contributed by atoms with Crippen LogP contribution in [0.3, 0.4) is 0 Å². The molecule has 2 unspecified atom stereocenters. The Kier molecular flexibility index (Phi) is 5.97. The minimum absolute atomic E-state index is 0.814. The number of rotatable bonds is 6. The van der Waals surface area contributed by atoms with Gasteiger partial charge in [-0.25, -0.2) is 0 Å². The summed E-state index contributed by atoms with van der Waals surface area (Å²) >= 11 is 0. The molecule has 0 radical (unpaired) electrons. The van der Waals surface area contributed by atoms with E-state index in [9.17, 15) is 0 Å². The standard InChI is InChI=1S/C16H32N2/c1-3-10-17-16-7-5-6-15(16)13-18-11-8-14(4-2)9-12-18/h14-17H,3-13H2,1-2H3. The van der Waals surface area contributed by atoms with Gasteiger partial charge >= 0.3 is 0 Å². The van der Waals surface area contributed by atoms with Gasteiger partial charge in [-0.05, 0) is 63.6 Å². The second-order valence-electron chi connectivity index (χ2n) is 6.40. The van der Waals surface area contributed by atoms with Crippen LogP contribution >= 0.6 is 0 Å². The summed E-state index contributed by atoms with van der Waals surface area (Å²) in [6.45, 7) is 9.90. The molecule has 1 heterocycles. The van der Waals surface area contributed by atoms with E-state index < -0.39 is 0 Å². The lowest BCUT2D eigenvalue weighted by molar-refractivity contribution is 0.150. The summed E-state index contributed by atoms with van der Waals surface area (Å²) < 4.78 is 0. The zero-order valence-corrected chi connectivity index (χ0v) is 12.5. The number of hydrogen-bond acceptors (Lipinski definition) is 2. The van der Waals surface area contributed by atoms with Crippen LogP contribution in [0.1, 0.15) is 58.8 Å². The Balaban J connectivity index is 1.71. The predicted octanol–water partition coefficient (Wildman–Crippen LogP) is 3.28. The summed E-state index contributed by atoms with van der Waals surface area (Å²) in [6, 6.07) is 0.814. The van der Waals surface area contributed by atoms with Gasteiger partial charge in [0.2, 0.25) is 0 Å². The number of nitrogens with zero attached hydrogens (tertiary/aromatic N) is 1. The lowest BCUT2D eigenvalue weighted by Gasteiger charge is -2.34. The molecule has 1 saturated heterocycles. The van der Waals surface area contributed by atoms with Crippen LogP contribution in [0.5, 0.6) is 0 Å². The first-order chi connectivity index (χ1) is 8.83. The maximum absolute atomic E-state index is 3.76.